The quantitative estimate of drug-likeness (QED) is 0.446. The molecule has 2 N–H and O–H groups in total. The van der Waals surface area contributed by atoms with Crippen molar-refractivity contribution in [1.82, 2.24) is 0 Å². The van der Waals surface area contributed by atoms with Crippen molar-refractivity contribution < 1.29 is 29.3 Å². The van der Waals surface area contributed by atoms with Crippen LogP contribution in [0.25, 0.3) is 0 Å². The SMILES string of the molecule is COC(=O)[C@@H]1[C@@H]2C=C[C@@](O)(C(=O)O2)[C@H]1CO. The summed E-state index contributed by atoms with van der Waals surface area (Å²) in [5.41, 5.74) is -1.93. The van der Waals surface area contributed by atoms with Gasteiger partial charge in [0.15, 0.2) is 5.60 Å². The van der Waals surface area contributed by atoms with Gasteiger partial charge in [-0.3, -0.25) is 4.79 Å². The predicted octanol–water partition coefficient (Wildman–Crippen LogP) is -1.39. The van der Waals surface area contributed by atoms with Crippen molar-refractivity contribution in [3.63, 3.8) is 0 Å². The number of methoxy groups -OCH3 is 1. The van der Waals surface area contributed by atoms with Crippen molar-refractivity contribution in [3.8, 4) is 0 Å². The fraction of sp³-hybridized carbons (Fsp3) is 0.600. The minimum atomic E-state index is -1.93. The Kier molecular flexibility index (Phi) is 2.47. The number of rotatable bonds is 2. The van der Waals surface area contributed by atoms with E-state index in [0.29, 0.717) is 0 Å². The van der Waals surface area contributed by atoms with E-state index in [1.165, 1.54) is 19.3 Å². The van der Waals surface area contributed by atoms with Crippen LogP contribution in [0, 0.1) is 11.8 Å². The minimum Gasteiger partial charge on any atom is -0.469 e. The number of hydrogen-bond acceptors (Lipinski definition) is 6. The van der Waals surface area contributed by atoms with E-state index in [2.05, 4.69) is 4.74 Å². The van der Waals surface area contributed by atoms with Crippen LogP contribution in [-0.2, 0) is 19.1 Å². The number of carbonyl (C=O) groups excluding carboxylic acids is 2. The molecule has 0 aromatic heterocycles. The van der Waals surface area contributed by atoms with Crippen LogP contribution >= 0.6 is 0 Å². The third-order valence-electron chi connectivity index (χ3n) is 3.13. The highest BCUT2D eigenvalue weighted by Crippen LogP contribution is 2.41. The van der Waals surface area contributed by atoms with Crippen LogP contribution in [0.2, 0.25) is 0 Å². The first kappa shape index (κ1) is 11.1. The lowest BCUT2D eigenvalue weighted by molar-refractivity contribution is -0.203. The third-order valence-corrected chi connectivity index (χ3v) is 3.13. The Morgan fingerprint density at radius 2 is 2.38 bits per heavy atom. The second-order valence-corrected chi connectivity index (χ2v) is 3.89. The maximum atomic E-state index is 11.5. The fourth-order valence-electron chi connectivity index (χ4n) is 2.22. The number of aliphatic hydroxyl groups excluding tert-OH is 1. The van der Waals surface area contributed by atoms with Crippen molar-refractivity contribution in [2.24, 2.45) is 11.8 Å². The van der Waals surface area contributed by atoms with E-state index < -0.39 is 42.1 Å². The summed E-state index contributed by atoms with van der Waals surface area (Å²) >= 11 is 0. The maximum Gasteiger partial charge on any atom is 0.343 e. The van der Waals surface area contributed by atoms with E-state index in [4.69, 9.17) is 4.74 Å². The molecular weight excluding hydrogens is 216 g/mol. The molecule has 0 aromatic rings. The van der Waals surface area contributed by atoms with Gasteiger partial charge in [-0.05, 0) is 12.2 Å². The largest absolute Gasteiger partial charge is 0.469 e. The zero-order chi connectivity index (χ0) is 11.9. The average molecular weight is 228 g/mol. The number of ether oxygens (including phenoxy) is 2. The Morgan fingerprint density at radius 1 is 1.69 bits per heavy atom. The normalized spacial score (nSPS) is 40.7. The Labute approximate surface area is 91.5 Å². The summed E-state index contributed by atoms with van der Waals surface area (Å²) in [6.45, 7) is -0.494. The van der Waals surface area contributed by atoms with Gasteiger partial charge in [-0.2, -0.15) is 0 Å². The summed E-state index contributed by atoms with van der Waals surface area (Å²) < 4.78 is 9.44. The van der Waals surface area contributed by atoms with Gasteiger partial charge in [0.05, 0.1) is 13.7 Å². The molecule has 6 nitrogen and oxygen atoms in total. The van der Waals surface area contributed by atoms with Crippen LogP contribution in [0.5, 0.6) is 0 Å². The molecule has 2 aliphatic heterocycles. The van der Waals surface area contributed by atoms with E-state index in [0.717, 1.165) is 0 Å². The molecule has 1 aliphatic carbocycles. The van der Waals surface area contributed by atoms with Crippen molar-refractivity contribution >= 4 is 11.9 Å². The Bertz CT molecular complexity index is 362. The van der Waals surface area contributed by atoms with E-state index in [1.807, 2.05) is 0 Å². The van der Waals surface area contributed by atoms with Crippen LogP contribution in [0.15, 0.2) is 12.2 Å². The summed E-state index contributed by atoms with van der Waals surface area (Å²) in [5.74, 6) is -3.22. The highest BCUT2D eigenvalue weighted by Gasteiger charge is 2.59. The smallest absolute Gasteiger partial charge is 0.343 e. The van der Waals surface area contributed by atoms with Crippen LogP contribution in [0.4, 0.5) is 0 Å². The van der Waals surface area contributed by atoms with Gasteiger partial charge in [-0.1, -0.05) is 0 Å². The Hall–Kier alpha value is -1.40. The van der Waals surface area contributed by atoms with Gasteiger partial charge >= 0.3 is 11.9 Å². The zero-order valence-electron chi connectivity index (χ0n) is 8.62. The van der Waals surface area contributed by atoms with Crippen molar-refractivity contribution in [2.45, 2.75) is 11.7 Å². The molecule has 3 aliphatic rings. The number of esters is 2. The molecule has 4 atom stereocenters. The van der Waals surface area contributed by atoms with E-state index >= 15 is 0 Å². The molecular formula is C10H12O6. The molecule has 16 heavy (non-hydrogen) atoms. The van der Waals surface area contributed by atoms with Gasteiger partial charge < -0.3 is 19.7 Å². The first-order chi connectivity index (χ1) is 7.54. The van der Waals surface area contributed by atoms with Crippen molar-refractivity contribution in [3.05, 3.63) is 12.2 Å². The Morgan fingerprint density at radius 3 is 2.88 bits per heavy atom. The topological polar surface area (TPSA) is 93.1 Å². The number of aliphatic hydroxyl groups is 2. The standard InChI is InChI=1S/C10H12O6/c1-15-8(12)7-5(4-11)10(14)3-2-6(7)16-9(10)13/h2-3,5-7,11,14H,4H2,1H3/t5-,6-,7-,10-/m0/s1. The lowest BCUT2D eigenvalue weighted by Gasteiger charge is -2.45. The summed E-state index contributed by atoms with van der Waals surface area (Å²) in [6.07, 6.45) is 1.94. The van der Waals surface area contributed by atoms with Gasteiger partial charge in [0.25, 0.3) is 0 Å². The number of fused-ring (bicyclic) bond motifs is 2. The second-order valence-electron chi connectivity index (χ2n) is 3.89. The lowest BCUT2D eigenvalue weighted by atomic mass is 9.69. The summed E-state index contributed by atoms with van der Waals surface area (Å²) in [5, 5.41) is 19.2. The highest BCUT2D eigenvalue weighted by atomic mass is 16.6. The molecule has 6 heteroatoms. The lowest BCUT2D eigenvalue weighted by Crippen LogP contribution is -2.62. The van der Waals surface area contributed by atoms with Crippen LogP contribution in [0.1, 0.15) is 0 Å². The Balaban J connectivity index is 2.41. The van der Waals surface area contributed by atoms with E-state index in [-0.39, 0.29) is 0 Å². The third kappa shape index (κ3) is 1.27. The minimum absolute atomic E-state index is 0.494. The molecule has 2 heterocycles. The molecule has 0 saturated carbocycles. The van der Waals surface area contributed by atoms with Crippen LogP contribution < -0.4 is 0 Å². The molecule has 0 aromatic carbocycles. The second kappa shape index (κ2) is 3.57. The molecule has 0 unspecified atom stereocenters. The monoisotopic (exact) mass is 228 g/mol. The molecule has 1 fully saturated rings. The van der Waals surface area contributed by atoms with Crippen LogP contribution in [-0.4, -0.2) is 47.6 Å². The van der Waals surface area contributed by atoms with Gasteiger partial charge in [0.2, 0.25) is 0 Å². The van der Waals surface area contributed by atoms with Crippen molar-refractivity contribution in [1.29, 1.82) is 0 Å². The molecule has 0 amide bonds. The first-order valence-electron chi connectivity index (χ1n) is 4.86. The van der Waals surface area contributed by atoms with E-state index in [9.17, 15) is 19.8 Å². The molecule has 0 radical (unpaired) electrons. The molecule has 1 saturated heterocycles. The average Bonchev–Trinajstić information content (AvgIpc) is 2.28. The van der Waals surface area contributed by atoms with Crippen LogP contribution in [0.3, 0.4) is 0 Å². The fourth-order valence-corrected chi connectivity index (χ4v) is 2.22. The first-order valence-corrected chi connectivity index (χ1v) is 4.86. The highest BCUT2D eigenvalue weighted by molar-refractivity contribution is 5.88. The predicted molar refractivity (Wildman–Crippen MR) is 50.1 cm³/mol. The van der Waals surface area contributed by atoms with Gasteiger partial charge in [0.1, 0.15) is 12.0 Å². The van der Waals surface area contributed by atoms with Gasteiger partial charge in [-0.15, -0.1) is 0 Å². The molecule has 3 rings (SSSR count). The molecule has 0 spiro atoms. The van der Waals surface area contributed by atoms with Gasteiger partial charge in [0, 0.05) is 5.92 Å². The molecule has 88 valence electrons. The summed E-state index contributed by atoms with van der Waals surface area (Å²) in [4.78, 5) is 22.9. The summed E-state index contributed by atoms with van der Waals surface area (Å²) in [7, 11) is 1.20. The van der Waals surface area contributed by atoms with E-state index in [1.54, 1.807) is 0 Å². The maximum absolute atomic E-state index is 11.5. The number of carbonyl (C=O) groups is 2. The molecule has 2 bridgehead atoms. The zero-order valence-corrected chi connectivity index (χ0v) is 8.62. The number of hydrogen-bond donors (Lipinski definition) is 2. The van der Waals surface area contributed by atoms with Crippen molar-refractivity contribution in [2.75, 3.05) is 13.7 Å². The summed E-state index contributed by atoms with van der Waals surface area (Å²) in [6, 6.07) is 0. The van der Waals surface area contributed by atoms with Gasteiger partial charge in [-0.25, -0.2) is 4.79 Å².